The molecule has 1 aliphatic carbocycles. The summed E-state index contributed by atoms with van der Waals surface area (Å²) in [5.74, 6) is -0.475. The number of rotatable bonds is 2. The van der Waals surface area contributed by atoms with Crippen LogP contribution in [0, 0.1) is 18.6 Å². The second-order valence-corrected chi connectivity index (χ2v) is 6.93. The van der Waals surface area contributed by atoms with E-state index >= 15 is 0 Å². The van der Waals surface area contributed by atoms with Gasteiger partial charge in [0.2, 0.25) is 0 Å². The van der Waals surface area contributed by atoms with Crippen LogP contribution in [0.25, 0.3) is 0 Å². The van der Waals surface area contributed by atoms with Crippen LogP contribution in [0.5, 0.6) is 0 Å². The van der Waals surface area contributed by atoms with Gasteiger partial charge in [-0.05, 0) is 72.7 Å². The summed E-state index contributed by atoms with van der Waals surface area (Å²) in [4.78, 5) is 0. The average Bonchev–Trinajstić information content (AvgIpc) is 2.62. The Hall–Kier alpha value is -2.48. The SMILES string of the molecule is Cc1ccc2c(c1)C(c1ccc(F)cc1)(c1ccc(F)cc1)CCC2. The van der Waals surface area contributed by atoms with Gasteiger partial charge in [-0.25, -0.2) is 8.78 Å². The summed E-state index contributed by atoms with van der Waals surface area (Å²) in [6.45, 7) is 2.09. The molecule has 0 unspecified atom stereocenters. The smallest absolute Gasteiger partial charge is 0.123 e. The summed E-state index contributed by atoms with van der Waals surface area (Å²) in [7, 11) is 0. The number of hydrogen-bond donors (Lipinski definition) is 0. The maximum absolute atomic E-state index is 13.5. The molecule has 3 aromatic rings. The van der Waals surface area contributed by atoms with Crippen LogP contribution >= 0.6 is 0 Å². The molecule has 0 N–H and O–H groups in total. The van der Waals surface area contributed by atoms with Crippen LogP contribution in [-0.2, 0) is 11.8 Å². The minimum atomic E-state index is -0.360. The Morgan fingerprint density at radius 1 is 0.760 bits per heavy atom. The van der Waals surface area contributed by atoms with Crippen molar-refractivity contribution in [3.05, 3.63) is 106 Å². The van der Waals surface area contributed by atoms with E-state index in [0.717, 1.165) is 30.4 Å². The first-order chi connectivity index (χ1) is 12.1. The van der Waals surface area contributed by atoms with Crippen LogP contribution in [0.3, 0.4) is 0 Å². The van der Waals surface area contributed by atoms with E-state index in [9.17, 15) is 8.78 Å². The molecule has 0 bridgehead atoms. The molecule has 0 heterocycles. The normalized spacial score (nSPS) is 15.6. The Kier molecular flexibility index (Phi) is 3.91. The van der Waals surface area contributed by atoms with Gasteiger partial charge in [-0.1, -0.05) is 48.0 Å². The van der Waals surface area contributed by atoms with Crippen LogP contribution < -0.4 is 0 Å². The third-order valence-electron chi connectivity index (χ3n) is 5.40. The van der Waals surface area contributed by atoms with E-state index in [2.05, 4.69) is 25.1 Å². The summed E-state index contributed by atoms with van der Waals surface area (Å²) < 4.78 is 27.1. The first kappa shape index (κ1) is 16.0. The molecular weight excluding hydrogens is 314 g/mol. The molecule has 0 saturated carbocycles. The highest BCUT2D eigenvalue weighted by Crippen LogP contribution is 2.47. The molecule has 1 aliphatic rings. The van der Waals surface area contributed by atoms with Crippen LogP contribution in [0.15, 0.2) is 66.7 Å². The average molecular weight is 334 g/mol. The summed E-state index contributed by atoms with van der Waals surface area (Å²) in [6, 6.07) is 20.1. The molecule has 25 heavy (non-hydrogen) atoms. The predicted molar refractivity (Wildman–Crippen MR) is 96.8 cm³/mol. The van der Waals surface area contributed by atoms with Crippen LogP contribution in [0.2, 0.25) is 0 Å². The fourth-order valence-electron chi connectivity index (χ4n) is 4.22. The Morgan fingerprint density at radius 3 is 1.88 bits per heavy atom. The molecule has 0 atom stereocenters. The Morgan fingerprint density at radius 2 is 1.32 bits per heavy atom. The van der Waals surface area contributed by atoms with Gasteiger partial charge in [-0.15, -0.1) is 0 Å². The molecule has 0 aliphatic heterocycles. The van der Waals surface area contributed by atoms with Crippen molar-refractivity contribution in [1.82, 2.24) is 0 Å². The topological polar surface area (TPSA) is 0 Å². The summed E-state index contributed by atoms with van der Waals surface area (Å²) >= 11 is 0. The lowest BCUT2D eigenvalue weighted by molar-refractivity contribution is 0.495. The molecule has 0 spiro atoms. The number of halogens is 2. The van der Waals surface area contributed by atoms with Gasteiger partial charge in [-0.2, -0.15) is 0 Å². The molecule has 0 amide bonds. The number of benzene rings is 3. The summed E-state index contributed by atoms with van der Waals surface area (Å²) in [5, 5.41) is 0. The minimum Gasteiger partial charge on any atom is -0.207 e. The summed E-state index contributed by atoms with van der Waals surface area (Å²) in [5.41, 5.74) is 5.55. The van der Waals surface area contributed by atoms with Crippen LogP contribution in [0.4, 0.5) is 8.78 Å². The largest absolute Gasteiger partial charge is 0.207 e. The number of aryl methyl sites for hydroxylation is 2. The fourth-order valence-corrected chi connectivity index (χ4v) is 4.22. The van der Waals surface area contributed by atoms with Crippen molar-refractivity contribution in [2.75, 3.05) is 0 Å². The maximum atomic E-state index is 13.5. The van der Waals surface area contributed by atoms with E-state index < -0.39 is 0 Å². The molecule has 3 aromatic carbocycles. The van der Waals surface area contributed by atoms with E-state index in [1.54, 1.807) is 0 Å². The first-order valence-electron chi connectivity index (χ1n) is 8.72. The lowest BCUT2D eigenvalue weighted by atomic mass is 9.62. The van der Waals surface area contributed by atoms with E-state index in [4.69, 9.17) is 0 Å². The maximum Gasteiger partial charge on any atom is 0.123 e. The summed E-state index contributed by atoms with van der Waals surface area (Å²) in [6.07, 6.45) is 3.02. The van der Waals surface area contributed by atoms with Gasteiger partial charge in [0.15, 0.2) is 0 Å². The van der Waals surface area contributed by atoms with E-state index in [-0.39, 0.29) is 17.0 Å². The standard InChI is InChI=1S/C23H20F2/c1-16-4-5-17-3-2-14-23(22(17)15-16,18-6-10-20(24)11-7-18)19-8-12-21(25)13-9-19/h4-13,15H,2-3,14H2,1H3. The second-order valence-electron chi connectivity index (χ2n) is 6.93. The van der Waals surface area contributed by atoms with Gasteiger partial charge in [0, 0.05) is 5.41 Å². The van der Waals surface area contributed by atoms with Crippen molar-refractivity contribution in [3.63, 3.8) is 0 Å². The molecule has 0 fully saturated rings. The quantitative estimate of drug-likeness (QED) is 0.544. The molecule has 0 nitrogen and oxygen atoms in total. The highest BCUT2D eigenvalue weighted by Gasteiger charge is 2.39. The molecule has 0 aromatic heterocycles. The number of hydrogen-bond acceptors (Lipinski definition) is 0. The highest BCUT2D eigenvalue weighted by molar-refractivity contribution is 5.55. The zero-order chi connectivity index (χ0) is 17.4. The lowest BCUT2D eigenvalue weighted by Gasteiger charge is -2.41. The molecule has 2 heteroatoms. The zero-order valence-corrected chi connectivity index (χ0v) is 14.2. The van der Waals surface area contributed by atoms with E-state index in [0.29, 0.717) is 0 Å². The van der Waals surface area contributed by atoms with Gasteiger partial charge >= 0.3 is 0 Å². The number of fused-ring (bicyclic) bond motifs is 1. The van der Waals surface area contributed by atoms with Crippen molar-refractivity contribution in [2.45, 2.75) is 31.6 Å². The first-order valence-corrected chi connectivity index (χ1v) is 8.72. The monoisotopic (exact) mass is 334 g/mol. The van der Waals surface area contributed by atoms with Crippen LogP contribution in [-0.4, -0.2) is 0 Å². The van der Waals surface area contributed by atoms with Crippen molar-refractivity contribution in [1.29, 1.82) is 0 Å². The van der Waals surface area contributed by atoms with Crippen molar-refractivity contribution in [3.8, 4) is 0 Å². The Bertz CT molecular complexity index is 847. The third-order valence-corrected chi connectivity index (χ3v) is 5.40. The Labute approximate surface area is 147 Å². The second kappa shape index (κ2) is 6.11. The third kappa shape index (κ3) is 2.66. The molecule has 0 saturated heterocycles. The van der Waals surface area contributed by atoms with E-state index in [1.165, 1.54) is 41.0 Å². The lowest BCUT2D eigenvalue weighted by Crippen LogP contribution is -2.33. The fraction of sp³-hybridized carbons (Fsp3) is 0.217. The molecule has 4 rings (SSSR count). The molecule has 126 valence electrons. The van der Waals surface area contributed by atoms with Gasteiger partial charge in [0.05, 0.1) is 0 Å². The van der Waals surface area contributed by atoms with Gasteiger partial charge in [0.1, 0.15) is 11.6 Å². The molecule has 0 radical (unpaired) electrons. The Balaban J connectivity index is 2.03. The highest BCUT2D eigenvalue weighted by atomic mass is 19.1. The zero-order valence-electron chi connectivity index (χ0n) is 14.2. The minimum absolute atomic E-state index is 0.238. The molecular formula is C23H20F2. The van der Waals surface area contributed by atoms with Crippen LogP contribution in [0.1, 0.15) is 40.7 Å². The van der Waals surface area contributed by atoms with Gasteiger partial charge in [-0.3, -0.25) is 0 Å². The van der Waals surface area contributed by atoms with Gasteiger partial charge < -0.3 is 0 Å². The van der Waals surface area contributed by atoms with Crippen molar-refractivity contribution in [2.24, 2.45) is 0 Å². The van der Waals surface area contributed by atoms with Crippen molar-refractivity contribution >= 4 is 0 Å². The predicted octanol–water partition coefficient (Wildman–Crippen LogP) is 5.94. The van der Waals surface area contributed by atoms with Gasteiger partial charge in [0.25, 0.3) is 0 Å². The van der Waals surface area contributed by atoms with E-state index in [1.807, 2.05) is 24.3 Å². The van der Waals surface area contributed by atoms with Crippen molar-refractivity contribution < 1.29 is 8.78 Å².